The number of carboxylic acids is 1. The van der Waals surface area contributed by atoms with Gasteiger partial charge in [-0.25, -0.2) is 9.59 Å². The van der Waals surface area contributed by atoms with E-state index in [1.165, 1.54) is 19.1 Å². The smallest absolute Gasteiger partial charge is 0.409 e. The maximum absolute atomic E-state index is 14.2. The minimum Gasteiger partial charge on any atom is -0.480 e. The number of methoxy groups -OCH3 is 3. The third-order valence-electron chi connectivity index (χ3n) is 11.6. The minimum absolute atomic E-state index is 0.0149. The van der Waals surface area contributed by atoms with E-state index >= 15 is 0 Å². The highest BCUT2D eigenvalue weighted by atomic mass is 16.5. The molecule has 1 heterocycles. The van der Waals surface area contributed by atoms with Gasteiger partial charge in [-0.1, -0.05) is 85.2 Å². The second-order valence-electron chi connectivity index (χ2n) is 16.1. The van der Waals surface area contributed by atoms with E-state index in [9.17, 15) is 29.1 Å². The van der Waals surface area contributed by atoms with Gasteiger partial charge in [0.15, 0.2) is 5.78 Å². The van der Waals surface area contributed by atoms with Gasteiger partial charge in [-0.05, 0) is 49.1 Å². The quantitative estimate of drug-likeness (QED) is 0.153. The fraction of sp³-hybridized carbons (Fsp3) is 0.738. The summed E-state index contributed by atoms with van der Waals surface area (Å²) in [5.74, 6) is -2.20. The number of ketones is 1. The number of carboxylic acid groups (broad SMARTS) is 1. The largest absolute Gasteiger partial charge is 0.480 e. The van der Waals surface area contributed by atoms with Crippen molar-refractivity contribution in [1.82, 2.24) is 20.0 Å². The van der Waals surface area contributed by atoms with Crippen molar-refractivity contribution in [2.45, 2.75) is 123 Å². The molecule has 1 saturated heterocycles. The van der Waals surface area contributed by atoms with Crippen LogP contribution in [0.1, 0.15) is 86.1 Å². The molecule has 2 N–H and O–H groups in total. The Kier molecular flexibility index (Phi) is 19.8. The summed E-state index contributed by atoms with van der Waals surface area (Å²) in [6.45, 7) is 15.1. The van der Waals surface area contributed by atoms with Crippen molar-refractivity contribution in [3.05, 3.63) is 35.9 Å². The number of hydrogen-bond donors (Lipinski definition) is 2. The third kappa shape index (κ3) is 13.3. The van der Waals surface area contributed by atoms with E-state index in [-0.39, 0.29) is 66.7 Å². The second-order valence-corrected chi connectivity index (χ2v) is 16.1. The number of amides is 3. The molecule has 0 bridgehead atoms. The zero-order valence-electron chi connectivity index (χ0n) is 35.4. The van der Waals surface area contributed by atoms with Crippen LogP contribution < -0.4 is 5.32 Å². The number of nitrogens with one attached hydrogen (secondary N) is 1. The molecule has 0 radical (unpaired) electrons. The van der Waals surface area contributed by atoms with Gasteiger partial charge in [0.1, 0.15) is 6.04 Å². The zero-order valence-corrected chi connectivity index (χ0v) is 35.4. The van der Waals surface area contributed by atoms with Crippen LogP contribution in [-0.4, -0.2) is 134 Å². The Balaban J connectivity index is 2.24. The van der Waals surface area contributed by atoms with Crippen LogP contribution in [0.3, 0.4) is 0 Å². The summed E-state index contributed by atoms with van der Waals surface area (Å²) in [5, 5.41) is 12.6. The molecule has 9 atom stereocenters. The predicted octanol–water partition coefficient (Wildman–Crippen LogP) is 5.15. The number of Topliss-reactive ketones (excluding diaryl/α,β-unsaturated/α-hetero) is 1. The lowest BCUT2D eigenvalue weighted by Gasteiger charge is -2.41. The second kappa shape index (κ2) is 22.9. The van der Waals surface area contributed by atoms with E-state index < -0.39 is 48.2 Å². The Morgan fingerprint density at radius 3 is 2.07 bits per heavy atom. The lowest BCUT2D eigenvalue weighted by atomic mass is 9.84. The number of carbonyl (C=O) groups is 5. The number of nitrogens with zero attached hydrogens (tertiary/aromatic N) is 3. The number of benzene rings is 1. The first-order valence-electron chi connectivity index (χ1n) is 19.9. The van der Waals surface area contributed by atoms with Gasteiger partial charge in [-0.2, -0.15) is 0 Å². The monoisotopic (exact) mass is 775 g/mol. The molecule has 1 aliphatic rings. The predicted molar refractivity (Wildman–Crippen MR) is 212 cm³/mol. The van der Waals surface area contributed by atoms with Crippen LogP contribution in [0.5, 0.6) is 0 Å². The summed E-state index contributed by atoms with van der Waals surface area (Å²) in [6.07, 6.45) is 1.13. The first-order valence-corrected chi connectivity index (χ1v) is 19.9. The fourth-order valence-electron chi connectivity index (χ4n) is 8.27. The molecule has 55 heavy (non-hydrogen) atoms. The van der Waals surface area contributed by atoms with Gasteiger partial charge in [0.05, 0.1) is 43.7 Å². The van der Waals surface area contributed by atoms with Crippen molar-refractivity contribution in [3.8, 4) is 0 Å². The Bertz CT molecular complexity index is 1380. The number of likely N-dealkylation sites (N-methyl/N-ethyl adjacent to an activating group) is 2. The van der Waals surface area contributed by atoms with Gasteiger partial charge in [0, 0.05) is 53.2 Å². The molecule has 1 fully saturated rings. The van der Waals surface area contributed by atoms with E-state index in [0.29, 0.717) is 19.5 Å². The summed E-state index contributed by atoms with van der Waals surface area (Å²) in [4.78, 5) is 71.3. The summed E-state index contributed by atoms with van der Waals surface area (Å²) >= 11 is 0. The lowest BCUT2D eigenvalue weighted by Crippen LogP contribution is -2.54. The van der Waals surface area contributed by atoms with Crippen LogP contribution in [0.25, 0.3) is 0 Å². The number of carbonyl (C=O) groups excluding carboxylic acids is 4. The third-order valence-corrected chi connectivity index (χ3v) is 11.6. The Hall–Kier alpha value is -3.55. The summed E-state index contributed by atoms with van der Waals surface area (Å²) in [7, 11) is 8.08. The average Bonchev–Trinajstić information content (AvgIpc) is 3.63. The molecule has 1 aromatic carbocycles. The van der Waals surface area contributed by atoms with Crippen molar-refractivity contribution in [1.29, 1.82) is 0 Å². The molecule has 3 amide bonds. The minimum atomic E-state index is -1.13. The highest BCUT2D eigenvalue weighted by molar-refractivity contribution is 5.88. The number of likely N-dealkylation sites (tertiary alicyclic amines) is 1. The van der Waals surface area contributed by atoms with Gasteiger partial charge >= 0.3 is 12.1 Å². The molecule has 312 valence electrons. The molecule has 0 aromatic heterocycles. The first kappa shape index (κ1) is 47.6. The number of aliphatic carboxylic acids is 1. The molecule has 1 aliphatic heterocycles. The summed E-state index contributed by atoms with van der Waals surface area (Å²) in [6, 6.07) is 6.90. The molecule has 2 rings (SSSR count). The molecular weight excluding hydrogens is 704 g/mol. The maximum Gasteiger partial charge on any atom is 0.409 e. The van der Waals surface area contributed by atoms with Crippen molar-refractivity contribution in [2.75, 3.05) is 48.5 Å². The van der Waals surface area contributed by atoms with Crippen LogP contribution in [0, 0.1) is 29.6 Å². The Labute approximate surface area is 329 Å². The molecule has 0 aliphatic carbocycles. The summed E-state index contributed by atoms with van der Waals surface area (Å²) in [5.41, 5.74) is 0.796. The standard InChI is InChI=1S/C42H70N4O9/c1-13-28(6)38(44(8)25-31(26(2)3)23-34(47)37(27(4)5)45(9)42(52)55-12)35(53-10)24-36(48)46-21-17-20-33(46)39(54-11)29(7)40(49)43-32(41(50)51)22-30-18-15-14-16-19-30/h14-16,18-19,26-29,31-33,35,37-39H,13,17,20-25H2,1-12H3,(H,43,49)(H,50,51)/t28-,29+,31+,32-,33-,35+,37-,38-,39+/m0/s1. The molecule has 13 heteroatoms. The van der Waals surface area contributed by atoms with Gasteiger partial charge < -0.3 is 39.3 Å². The Morgan fingerprint density at radius 1 is 0.927 bits per heavy atom. The molecule has 0 spiro atoms. The molecule has 0 saturated carbocycles. The van der Waals surface area contributed by atoms with Crippen molar-refractivity contribution >= 4 is 29.7 Å². The number of rotatable bonds is 23. The highest BCUT2D eigenvalue weighted by Crippen LogP contribution is 2.30. The van der Waals surface area contributed by atoms with Crippen LogP contribution >= 0.6 is 0 Å². The zero-order chi connectivity index (χ0) is 41.6. The summed E-state index contributed by atoms with van der Waals surface area (Å²) < 4.78 is 16.9. The van der Waals surface area contributed by atoms with E-state index in [1.54, 1.807) is 26.0 Å². The molecule has 1 aromatic rings. The topological polar surface area (TPSA) is 155 Å². The van der Waals surface area contributed by atoms with Gasteiger partial charge in [0.25, 0.3) is 0 Å². The van der Waals surface area contributed by atoms with Gasteiger partial charge in [0.2, 0.25) is 11.8 Å². The van der Waals surface area contributed by atoms with Gasteiger partial charge in [-0.15, -0.1) is 0 Å². The highest BCUT2D eigenvalue weighted by Gasteiger charge is 2.42. The molecule has 13 nitrogen and oxygen atoms in total. The normalized spacial score (nSPS) is 19.0. The van der Waals surface area contributed by atoms with Crippen LogP contribution in [0.4, 0.5) is 4.79 Å². The van der Waals surface area contributed by atoms with Crippen molar-refractivity contribution in [3.63, 3.8) is 0 Å². The lowest BCUT2D eigenvalue weighted by molar-refractivity contribution is -0.145. The maximum atomic E-state index is 14.2. The number of ether oxygens (including phenoxy) is 3. The van der Waals surface area contributed by atoms with E-state index in [2.05, 4.69) is 37.9 Å². The van der Waals surface area contributed by atoms with Crippen LogP contribution in [0.15, 0.2) is 30.3 Å². The Morgan fingerprint density at radius 2 is 1.56 bits per heavy atom. The van der Waals surface area contributed by atoms with E-state index in [1.807, 2.05) is 51.2 Å². The fourth-order valence-corrected chi connectivity index (χ4v) is 8.27. The first-order chi connectivity index (χ1) is 25.9. The average molecular weight is 775 g/mol. The molecule has 0 unspecified atom stereocenters. The van der Waals surface area contributed by atoms with Crippen LogP contribution in [0.2, 0.25) is 0 Å². The number of hydrogen-bond acceptors (Lipinski definition) is 9. The van der Waals surface area contributed by atoms with E-state index in [4.69, 9.17) is 14.2 Å². The van der Waals surface area contributed by atoms with Crippen molar-refractivity contribution < 1.29 is 43.3 Å². The van der Waals surface area contributed by atoms with Gasteiger partial charge in [-0.3, -0.25) is 14.4 Å². The van der Waals surface area contributed by atoms with Crippen LogP contribution in [-0.2, 0) is 39.8 Å². The molecular formula is C42H70N4O9. The SMILES string of the molecule is CC[C@H](C)[C@@H]([C@@H](CC(=O)N1CCC[C@H]1[C@H](OC)[C@@H](C)C(=O)N[C@@H](Cc1ccccc1)C(=O)O)OC)N(C)C[C@@H](CC(=O)[C@H](C(C)C)N(C)C(=O)OC)C(C)C. The van der Waals surface area contributed by atoms with E-state index in [0.717, 1.165) is 18.4 Å². The van der Waals surface area contributed by atoms with Crippen molar-refractivity contribution in [2.24, 2.45) is 29.6 Å².